The number of anilines is 1. The summed E-state index contributed by atoms with van der Waals surface area (Å²) in [5.41, 5.74) is 2.18. The number of carbonyl (C=O) groups excluding carboxylic acids is 1. The van der Waals surface area contributed by atoms with Crippen LogP contribution in [0.3, 0.4) is 0 Å². The van der Waals surface area contributed by atoms with Crippen LogP contribution in [0, 0.1) is 11.3 Å². The first-order valence-electron chi connectivity index (χ1n) is 14.7. The molecule has 3 saturated heterocycles. The van der Waals surface area contributed by atoms with Gasteiger partial charge in [0.2, 0.25) is 0 Å². The van der Waals surface area contributed by atoms with E-state index < -0.39 is 21.5 Å². The van der Waals surface area contributed by atoms with Crippen molar-refractivity contribution < 1.29 is 22.7 Å². The van der Waals surface area contributed by atoms with Gasteiger partial charge in [-0.1, -0.05) is 44.2 Å². The highest BCUT2D eigenvalue weighted by molar-refractivity contribution is 7.91. The summed E-state index contributed by atoms with van der Waals surface area (Å²) in [7, 11) is -3.30. The standard InChI is InChI=1S/C32H47N3O5S/c1-31(2,3)40-30(36)33-16-19-41(37,38)18-9-17-39-28-14-12-27(13-15-28)35-23-26-20-32(4,5)29(35)24-34(22-26)21-25-10-7-6-8-11-25/h6-8,10-15,26,29H,9,16-24H2,1-5H3,(H,33,36)/t26-,29-/m1/s1. The monoisotopic (exact) mass is 585 g/mol. The molecule has 9 heteroatoms. The molecule has 0 saturated carbocycles. The molecular formula is C32H47N3O5S. The third kappa shape index (κ3) is 9.36. The number of carbonyl (C=O) groups is 1. The van der Waals surface area contributed by atoms with Crippen LogP contribution in [0.15, 0.2) is 54.6 Å². The zero-order valence-electron chi connectivity index (χ0n) is 25.3. The first-order valence-corrected chi connectivity index (χ1v) is 16.5. The third-order valence-electron chi connectivity index (χ3n) is 7.86. The number of nitrogens with one attached hydrogen (secondary N) is 1. The average molecular weight is 586 g/mol. The van der Waals surface area contributed by atoms with E-state index in [1.165, 1.54) is 17.7 Å². The summed E-state index contributed by atoms with van der Waals surface area (Å²) >= 11 is 0. The normalized spacial score (nSPS) is 20.9. The molecule has 1 N–H and O–H groups in total. The molecule has 3 aliphatic rings. The van der Waals surface area contributed by atoms with Crippen LogP contribution in [0.4, 0.5) is 10.5 Å². The summed E-state index contributed by atoms with van der Waals surface area (Å²) < 4.78 is 35.7. The van der Waals surface area contributed by atoms with Gasteiger partial charge in [-0.2, -0.15) is 0 Å². The number of amides is 1. The van der Waals surface area contributed by atoms with Crippen LogP contribution in [0.1, 0.15) is 53.0 Å². The molecule has 2 aromatic carbocycles. The lowest BCUT2D eigenvalue weighted by atomic mass is 9.73. The zero-order chi connectivity index (χ0) is 29.7. The van der Waals surface area contributed by atoms with E-state index in [1.54, 1.807) is 20.8 Å². The molecule has 1 amide bonds. The van der Waals surface area contributed by atoms with E-state index >= 15 is 0 Å². The summed E-state index contributed by atoms with van der Waals surface area (Å²) in [5, 5.41) is 2.50. The largest absolute Gasteiger partial charge is 0.494 e. The maximum Gasteiger partial charge on any atom is 0.407 e. The van der Waals surface area contributed by atoms with Gasteiger partial charge in [0.15, 0.2) is 9.84 Å². The molecular weight excluding hydrogens is 538 g/mol. The Morgan fingerprint density at radius 3 is 2.39 bits per heavy atom. The third-order valence-corrected chi connectivity index (χ3v) is 9.60. The van der Waals surface area contributed by atoms with Gasteiger partial charge in [-0.3, -0.25) is 4.90 Å². The highest BCUT2D eigenvalue weighted by atomic mass is 32.2. The minimum atomic E-state index is -3.30. The lowest BCUT2D eigenvalue weighted by molar-refractivity contribution is 0.0531. The highest BCUT2D eigenvalue weighted by Gasteiger charge is 2.45. The van der Waals surface area contributed by atoms with Crippen LogP contribution >= 0.6 is 0 Å². The van der Waals surface area contributed by atoms with Crippen molar-refractivity contribution in [1.29, 1.82) is 0 Å². The Morgan fingerprint density at radius 1 is 1.00 bits per heavy atom. The van der Waals surface area contributed by atoms with Crippen molar-refractivity contribution in [3.63, 3.8) is 0 Å². The van der Waals surface area contributed by atoms with E-state index in [2.05, 4.69) is 71.4 Å². The summed E-state index contributed by atoms with van der Waals surface area (Å²) in [6.45, 7) is 14.6. The number of ether oxygens (including phenoxy) is 2. The number of benzene rings is 2. The Labute approximate surface area is 246 Å². The zero-order valence-corrected chi connectivity index (χ0v) is 26.1. The van der Waals surface area contributed by atoms with Crippen LogP contribution < -0.4 is 15.0 Å². The van der Waals surface area contributed by atoms with Gasteiger partial charge in [0.25, 0.3) is 0 Å². The summed E-state index contributed by atoms with van der Waals surface area (Å²) in [6.07, 6.45) is 1.01. The van der Waals surface area contributed by atoms with E-state index in [0.717, 1.165) is 31.9 Å². The lowest BCUT2D eigenvalue weighted by Gasteiger charge is -2.48. The van der Waals surface area contributed by atoms with Crippen LogP contribution in [0.2, 0.25) is 0 Å². The van der Waals surface area contributed by atoms with E-state index in [9.17, 15) is 13.2 Å². The molecule has 2 atom stereocenters. The molecule has 0 spiro atoms. The van der Waals surface area contributed by atoms with Crippen LogP contribution in [0.5, 0.6) is 5.75 Å². The SMILES string of the molecule is CC(C)(C)OC(=O)NCCS(=O)(=O)CCCOc1ccc(N2C[C@H]3CN(Cc4ccccc4)C[C@@H]2C(C)(C)C3)cc1. The van der Waals surface area contributed by atoms with Crippen LogP contribution in [-0.4, -0.2) is 75.3 Å². The molecule has 5 rings (SSSR count). The molecule has 2 aromatic rings. The second-order valence-corrected chi connectivity index (χ2v) is 15.5. The second kappa shape index (κ2) is 13.0. The van der Waals surface area contributed by atoms with Gasteiger partial charge in [-0.15, -0.1) is 0 Å². The summed E-state index contributed by atoms with van der Waals surface area (Å²) in [4.78, 5) is 16.9. The lowest BCUT2D eigenvalue weighted by Crippen LogP contribution is -2.53. The predicted molar refractivity (Wildman–Crippen MR) is 164 cm³/mol. The van der Waals surface area contributed by atoms with Gasteiger partial charge in [-0.25, -0.2) is 13.2 Å². The molecule has 3 heterocycles. The molecule has 0 unspecified atom stereocenters. The van der Waals surface area contributed by atoms with Crippen molar-refractivity contribution in [3.8, 4) is 5.75 Å². The van der Waals surface area contributed by atoms with Crippen molar-refractivity contribution in [2.75, 3.05) is 49.2 Å². The Morgan fingerprint density at radius 2 is 1.71 bits per heavy atom. The fourth-order valence-electron chi connectivity index (χ4n) is 6.11. The number of alkyl carbamates (subject to hydrolysis) is 1. The second-order valence-electron chi connectivity index (χ2n) is 13.2. The quantitative estimate of drug-likeness (QED) is 0.366. The van der Waals surface area contributed by atoms with Crippen LogP contribution in [0.25, 0.3) is 0 Å². The minimum Gasteiger partial charge on any atom is -0.494 e. The number of hydrogen-bond donors (Lipinski definition) is 1. The van der Waals surface area contributed by atoms with Crippen molar-refractivity contribution in [2.24, 2.45) is 11.3 Å². The molecule has 0 radical (unpaired) electrons. The Kier molecular flexibility index (Phi) is 9.90. The predicted octanol–water partition coefficient (Wildman–Crippen LogP) is 5.13. The fourth-order valence-corrected chi connectivity index (χ4v) is 7.28. The molecule has 2 bridgehead atoms. The average Bonchev–Trinajstić information content (AvgIpc) is 3.12. The van der Waals surface area contributed by atoms with E-state index in [4.69, 9.17) is 9.47 Å². The number of sulfone groups is 1. The summed E-state index contributed by atoms with van der Waals surface area (Å²) in [6, 6.07) is 19.4. The van der Waals surface area contributed by atoms with Crippen molar-refractivity contribution in [2.45, 2.75) is 65.6 Å². The van der Waals surface area contributed by atoms with Gasteiger partial charge >= 0.3 is 6.09 Å². The molecule has 3 fully saturated rings. The van der Waals surface area contributed by atoms with E-state index in [-0.39, 0.29) is 23.5 Å². The molecule has 0 aliphatic carbocycles. The first-order chi connectivity index (χ1) is 19.3. The van der Waals surface area contributed by atoms with Gasteiger partial charge in [0, 0.05) is 44.5 Å². The first kappa shape index (κ1) is 31.2. The van der Waals surface area contributed by atoms with E-state index in [0.29, 0.717) is 25.0 Å². The van der Waals surface area contributed by atoms with Crippen molar-refractivity contribution in [3.05, 3.63) is 60.2 Å². The van der Waals surface area contributed by atoms with Crippen LogP contribution in [-0.2, 0) is 21.1 Å². The number of fused-ring (bicyclic) bond motifs is 4. The number of hydrogen-bond acceptors (Lipinski definition) is 7. The van der Waals surface area contributed by atoms with Crippen molar-refractivity contribution >= 4 is 21.6 Å². The molecule has 8 nitrogen and oxygen atoms in total. The molecule has 41 heavy (non-hydrogen) atoms. The Bertz CT molecular complexity index is 1240. The molecule has 0 aromatic heterocycles. The van der Waals surface area contributed by atoms with Gasteiger partial charge < -0.3 is 19.7 Å². The van der Waals surface area contributed by atoms with E-state index in [1.807, 2.05) is 12.1 Å². The maximum absolute atomic E-state index is 12.3. The van der Waals surface area contributed by atoms with Crippen molar-refractivity contribution in [1.82, 2.24) is 10.2 Å². The molecule has 226 valence electrons. The number of rotatable bonds is 11. The maximum atomic E-state index is 12.3. The minimum absolute atomic E-state index is 0.00644. The molecule has 3 aliphatic heterocycles. The van der Waals surface area contributed by atoms with Gasteiger partial charge in [0.05, 0.1) is 18.1 Å². The number of nitrogens with zero attached hydrogens (tertiary/aromatic N) is 2. The summed E-state index contributed by atoms with van der Waals surface area (Å²) in [5.74, 6) is 1.23. The number of piperidine rings is 1. The Balaban J connectivity index is 1.25. The van der Waals surface area contributed by atoms with Gasteiger partial charge in [-0.05, 0) is 74.8 Å². The fraction of sp³-hybridized carbons (Fsp3) is 0.594. The Hall–Kier alpha value is -2.78. The smallest absolute Gasteiger partial charge is 0.407 e. The highest BCUT2D eigenvalue weighted by Crippen LogP contribution is 2.43. The van der Waals surface area contributed by atoms with Gasteiger partial charge in [0.1, 0.15) is 11.4 Å². The topological polar surface area (TPSA) is 88.2 Å².